The zero-order valence-electron chi connectivity index (χ0n) is 13.9. The molecule has 1 atom stereocenters. The van der Waals surface area contributed by atoms with Crippen molar-refractivity contribution in [3.8, 4) is 0 Å². The van der Waals surface area contributed by atoms with Gasteiger partial charge >= 0.3 is 0 Å². The smallest absolute Gasteiger partial charge is 0.244 e. The van der Waals surface area contributed by atoms with E-state index in [-0.39, 0.29) is 18.3 Å². The van der Waals surface area contributed by atoms with E-state index in [1.807, 2.05) is 6.92 Å². The molecule has 0 fully saturated rings. The van der Waals surface area contributed by atoms with Gasteiger partial charge in [0.05, 0.1) is 5.52 Å². The highest BCUT2D eigenvalue weighted by molar-refractivity contribution is 5.88. The van der Waals surface area contributed by atoms with Gasteiger partial charge in [-0.2, -0.15) is 5.10 Å². The zero-order chi connectivity index (χ0) is 17.3. The number of nitrogens with one attached hydrogen (secondary N) is 2. The van der Waals surface area contributed by atoms with Crippen molar-refractivity contribution < 1.29 is 9.18 Å². The summed E-state index contributed by atoms with van der Waals surface area (Å²) in [7, 11) is 0. The zero-order valence-corrected chi connectivity index (χ0v) is 13.9. The number of amides is 1. The number of aryl methyl sites for hydroxylation is 2. The predicted molar refractivity (Wildman–Crippen MR) is 89.0 cm³/mol. The molecule has 7 heteroatoms. The number of aromatic amines is 1. The molecule has 24 heavy (non-hydrogen) atoms. The van der Waals surface area contributed by atoms with E-state index in [1.54, 1.807) is 6.92 Å². The van der Waals surface area contributed by atoms with Crippen molar-refractivity contribution in [2.45, 2.75) is 39.8 Å². The van der Waals surface area contributed by atoms with Gasteiger partial charge < -0.3 is 10.3 Å². The Labute approximate surface area is 139 Å². The van der Waals surface area contributed by atoms with E-state index in [9.17, 15) is 9.18 Å². The Morgan fingerprint density at radius 3 is 2.92 bits per heavy atom. The first-order valence-electron chi connectivity index (χ1n) is 7.92. The number of H-pyrrole nitrogens is 1. The molecule has 0 saturated heterocycles. The molecule has 3 aromatic rings. The number of carbonyl (C=O) groups is 1. The number of hydrogen-bond donors (Lipinski definition) is 2. The van der Waals surface area contributed by atoms with Crippen molar-refractivity contribution >= 4 is 16.8 Å². The number of carbonyl (C=O) groups excluding carboxylic acids is 1. The van der Waals surface area contributed by atoms with Crippen LogP contribution in [0.4, 0.5) is 4.39 Å². The largest absolute Gasteiger partial charge is 0.358 e. The molecule has 0 bridgehead atoms. The Hall–Kier alpha value is -2.70. The second-order valence-electron chi connectivity index (χ2n) is 5.84. The van der Waals surface area contributed by atoms with E-state index >= 15 is 0 Å². The molecule has 1 amide bonds. The molecular weight excluding hydrogens is 309 g/mol. The second-order valence-corrected chi connectivity index (χ2v) is 5.84. The van der Waals surface area contributed by atoms with Crippen molar-refractivity contribution in [3.63, 3.8) is 0 Å². The highest BCUT2D eigenvalue weighted by atomic mass is 19.1. The number of rotatable bonds is 5. The molecule has 0 aliphatic carbocycles. The average Bonchev–Trinajstić information content (AvgIpc) is 3.20. The number of hydrogen-bond acceptors (Lipinski definition) is 3. The highest BCUT2D eigenvalue weighted by Gasteiger charge is 2.17. The lowest BCUT2D eigenvalue weighted by atomic mass is 10.1. The molecule has 0 saturated carbocycles. The molecular formula is C17H20FN5O. The standard InChI is InChI=1S/C17H20FN5O/c1-4-15-10(2)14-6-13(18)5-12(16(14)22-15)7-20-17(24)11(3)23-9-19-8-21-23/h5-6,8-9,11,22H,4,7H2,1-3H3,(H,20,24). The average molecular weight is 329 g/mol. The molecule has 2 N–H and O–H groups in total. The maximum absolute atomic E-state index is 13.9. The lowest BCUT2D eigenvalue weighted by Gasteiger charge is -2.12. The van der Waals surface area contributed by atoms with E-state index in [4.69, 9.17) is 0 Å². The second kappa shape index (κ2) is 6.43. The van der Waals surface area contributed by atoms with Gasteiger partial charge in [-0.15, -0.1) is 0 Å². The molecule has 0 radical (unpaired) electrons. The van der Waals surface area contributed by atoms with Crippen LogP contribution in [-0.4, -0.2) is 25.7 Å². The van der Waals surface area contributed by atoms with Gasteiger partial charge in [0.1, 0.15) is 24.5 Å². The van der Waals surface area contributed by atoms with E-state index in [0.717, 1.165) is 34.1 Å². The Balaban J connectivity index is 1.83. The molecule has 2 aromatic heterocycles. The minimum absolute atomic E-state index is 0.197. The van der Waals surface area contributed by atoms with Gasteiger partial charge in [0.25, 0.3) is 0 Å². The number of aromatic nitrogens is 4. The SMILES string of the molecule is CCc1[nH]c2c(CNC(=O)C(C)n3cncn3)cc(F)cc2c1C. The van der Waals surface area contributed by atoms with Crippen LogP contribution < -0.4 is 5.32 Å². The number of halogens is 1. The third kappa shape index (κ3) is 2.89. The summed E-state index contributed by atoms with van der Waals surface area (Å²) in [5.41, 5.74) is 3.74. The van der Waals surface area contributed by atoms with E-state index in [2.05, 4.69) is 27.3 Å². The van der Waals surface area contributed by atoms with Crippen molar-refractivity contribution in [2.24, 2.45) is 0 Å². The highest BCUT2D eigenvalue weighted by Crippen LogP contribution is 2.26. The van der Waals surface area contributed by atoms with Crippen molar-refractivity contribution in [2.75, 3.05) is 0 Å². The number of fused-ring (bicyclic) bond motifs is 1. The Morgan fingerprint density at radius 1 is 1.46 bits per heavy atom. The fourth-order valence-corrected chi connectivity index (χ4v) is 2.87. The van der Waals surface area contributed by atoms with Gasteiger partial charge in [-0.3, -0.25) is 4.79 Å². The lowest BCUT2D eigenvalue weighted by Crippen LogP contribution is -2.31. The van der Waals surface area contributed by atoms with Crippen molar-refractivity contribution in [1.82, 2.24) is 25.1 Å². The first-order chi connectivity index (χ1) is 11.5. The van der Waals surface area contributed by atoms with E-state index in [1.165, 1.54) is 29.5 Å². The first-order valence-corrected chi connectivity index (χ1v) is 7.92. The molecule has 3 rings (SSSR count). The Morgan fingerprint density at radius 2 is 2.25 bits per heavy atom. The van der Waals surface area contributed by atoms with Crippen LogP contribution in [0.1, 0.15) is 36.7 Å². The molecule has 1 unspecified atom stereocenters. The summed E-state index contributed by atoms with van der Waals surface area (Å²) in [6, 6.07) is 2.51. The van der Waals surface area contributed by atoms with Crippen LogP contribution in [0.15, 0.2) is 24.8 Å². The number of nitrogens with zero attached hydrogens (tertiary/aromatic N) is 3. The lowest BCUT2D eigenvalue weighted by molar-refractivity contribution is -0.124. The van der Waals surface area contributed by atoms with Crippen LogP contribution in [-0.2, 0) is 17.8 Å². The maximum atomic E-state index is 13.9. The van der Waals surface area contributed by atoms with E-state index < -0.39 is 6.04 Å². The van der Waals surface area contributed by atoms with Gasteiger partial charge in [0.2, 0.25) is 5.91 Å². The molecule has 0 spiro atoms. The van der Waals surface area contributed by atoms with Crippen LogP contribution >= 0.6 is 0 Å². The minimum Gasteiger partial charge on any atom is -0.358 e. The Bertz CT molecular complexity index is 869. The van der Waals surface area contributed by atoms with Crippen LogP contribution in [0.5, 0.6) is 0 Å². The summed E-state index contributed by atoms with van der Waals surface area (Å²) in [5.74, 6) is -0.502. The summed E-state index contributed by atoms with van der Waals surface area (Å²) >= 11 is 0. The minimum atomic E-state index is -0.479. The van der Waals surface area contributed by atoms with Crippen LogP contribution in [0.2, 0.25) is 0 Å². The number of benzene rings is 1. The molecule has 2 heterocycles. The maximum Gasteiger partial charge on any atom is 0.244 e. The summed E-state index contributed by atoms with van der Waals surface area (Å²) in [5, 5.41) is 7.66. The van der Waals surface area contributed by atoms with Gasteiger partial charge in [-0.25, -0.2) is 14.1 Å². The third-order valence-corrected chi connectivity index (χ3v) is 4.34. The van der Waals surface area contributed by atoms with Gasteiger partial charge in [-0.1, -0.05) is 6.92 Å². The topological polar surface area (TPSA) is 75.6 Å². The quantitative estimate of drug-likeness (QED) is 0.755. The molecule has 0 aliphatic heterocycles. The first kappa shape index (κ1) is 16.2. The third-order valence-electron chi connectivity index (χ3n) is 4.34. The van der Waals surface area contributed by atoms with Crippen LogP contribution in [0, 0.1) is 12.7 Å². The van der Waals surface area contributed by atoms with Gasteiger partial charge in [0.15, 0.2) is 0 Å². The van der Waals surface area contributed by atoms with Crippen molar-refractivity contribution in [1.29, 1.82) is 0 Å². The monoisotopic (exact) mass is 329 g/mol. The summed E-state index contributed by atoms with van der Waals surface area (Å²) in [6.07, 6.45) is 3.72. The molecule has 0 aliphatic rings. The summed E-state index contributed by atoms with van der Waals surface area (Å²) < 4.78 is 15.4. The van der Waals surface area contributed by atoms with Gasteiger partial charge in [0, 0.05) is 17.6 Å². The molecule has 1 aromatic carbocycles. The van der Waals surface area contributed by atoms with Crippen LogP contribution in [0.3, 0.4) is 0 Å². The normalized spacial score (nSPS) is 12.5. The fraction of sp³-hybridized carbons (Fsp3) is 0.353. The summed E-state index contributed by atoms with van der Waals surface area (Å²) in [4.78, 5) is 19.4. The van der Waals surface area contributed by atoms with E-state index in [0.29, 0.717) is 0 Å². The molecule has 6 nitrogen and oxygen atoms in total. The van der Waals surface area contributed by atoms with Crippen molar-refractivity contribution in [3.05, 3.63) is 47.4 Å². The van der Waals surface area contributed by atoms with Gasteiger partial charge in [-0.05, 0) is 43.5 Å². The fourth-order valence-electron chi connectivity index (χ4n) is 2.87. The predicted octanol–water partition coefficient (Wildman–Crippen LogP) is 2.65. The summed E-state index contributed by atoms with van der Waals surface area (Å²) in [6.45, 7) is 6.01. The Kier molecular flexibility index (Phi) is 4.33. The van der Waals surface area contributed by atoms with Crippen LogP contribution in [0.25, 0.3) is 10.9 Å². The molecule has 126 valence electrons.